The molecule has 0 aliphatic rings. The maximum Gasteiger partial charge on any atom is 0.222 e. The van der Waals surface area contributed by atoms with Crippen molar-refractivity contribution >= 4 is 5.91 Å². The molecule has 0 fully saturated rings. The Kier molecular flexibility index (Phi) is 20.2. The molecular weight excluding hydrogens is 366 g/mol. The van der Waals surface area contributed by atoms with Crippen LogP contribution in [0.15, 0.2) is 0 Å². The fraction of sp³-hybridized carbons (Fsp3) is 0.958. The molecule has 3 atom stereocenters. The molecule has 0 saturated heterocycles. The molecule has 0 aromatic heterocycles. The predicted octanol–water partition coefficient (Wildman–Crippen LogP) is 4.86. The van der Waals surface area contributed by atoms with Crippen molar-refractivity contribution in [2.45, 2.75) is 141 Å². The van der Waals surface area contributed by atoms with E-state index in [2.05, 4.69) is 12.2 Å². The van der Waals surface area contributed by atoms with E-state index in [9.17, 15) is 20.1 Å². The van der Waals surface area contributed by atoms with E-state index < -0.39 is 18.2 Å². The summed E-state index contributed by atoms with van der Waals surface area (Å²) in [5.41, 5.74) is 0. The van der Waals surface area contributed by atoms with E-state index in [1.54, 1.807) is 0 Å². The average molecular weight is 416 g/mol. The number of hydrogen-bond donors (Lipinski definition) is 4. The first-order chi connectivity index (χ1) is 14.0. The Morgan fingerprint density at radius 3 is 1.66 bits per heavy atom. The van der Waals surface area contributed by atoms with Gasteiger partial charge in [0.25, 0.3) is 0 Å². The lowest BCUT2D eigenvalue weighted by atomic mass is 10.0. The number of carbonyl (C=O) groups excluding carboxylic acids is 1. The van der Waals surface area contributed by atoms with E-state index in [0.717, 1.165) is 19.3 Å². The first-order valence-corrected chi connectivity index (χ1v) is 12.3. The van der Waals surface area contributed by atoms with Gasteiger partial charge in [-0.15, -0.1) is 0 Å². The maximum absolute atomic E-state index is 11.9. The summed E-state index contributed by atoms with van der Waals surface area (Å²) in [4.78, 5) is 11.9. The van der Waals surface area contributed by atoms with Gasteiger partial charge in [0.1, 0.15) is 0 Å². The molecule has 0 aliphatic carbocycles. The fourth-order valence-corrected chi connectivity index (χ4v) is 3.75. The van der Waals surface area contributed by atoms with Crippen LogP contribution in [-0.4, -0.2) is 46.1 Å². The standard InChI is InChI=1S/C24H49NO4/c1-3-5-6-7-8-9-10-11-12-13-14-15-16-18-23(28)22(20-26)25-24(29)19-21(27)17-4-2/h21-23,26-28H,3-20H2,1-2H3,(H,25,29)/t21-,22+,23-/m1/s1. The van der Waals surface area contributed by atoms with Gasteiger partial charge in [-0.3, -0.25) is 4.79 Å². The lowest BCUT2D eigenvalue weighted by Gasteiger charge is -2.23. The number of aliphatic hydroxyl groups excluding tert-OH is 3. The molecule has 0 aliphatic heterocycles. The SMILES string of the molecule is CCCCCCCCCCCCCCC[C@@H](O)[C@H](CO)NC(=O)C[C@H](O)CCC. The van der Waals surface area contributed by atoms with Crippen LogP contribution in [0.1, 0.15) is 123 Å². The van der Waals surface area contributed by atoms with Crippen LogP contribution in [0, 0.1) is 0 Å². The molecule has 0 radical (unpaired) electrons. The van der Waals surface area contributed by atoms with E-state index in [4.69, 9.17) is 0 Å². The van der Waals surface area contributed by atoms with Crippen molar-refractivity contribution in [3.8, 4) is 0 Å². The Hall–Kier alpha value is -0.650. The molecule has 0 rings (SSSR count). The van der Waals surface area contributed by atoms with Crippen molar-refractivity contribution < 1.29 is 20.1 Å². The zero-order valence-electron chi connectivity index (χ0n) is 19.2. The fourth-order valence-electron chi connectivity index (χ4n) is 3.75. The van der Waals surface area contributed by atoms with E-state index in [1.807, 2.05) is 6.92 Å². The minimum absolute atomic E-state index is 0.0236. The molecule has 0 bridgehead atoms. The molecule has 29 heavy (non-hydrogen) atoms. The Morgan fingerprint density at radius 2 is 1.21 bits per heavy atom. The highest BCUT2D eigenvalue weighted by molar-refractivity contribution is 5.76. The van der Waals surface area contributed by atoms with Crippen LogP contribution in [0.4, 0.5) is 0 Å². The van der Waals surface area contributed by atoms with Crippen LogP contribution in [0.3, 0.4) is 0 Å². The smallest absolute Gasteiger partial charge is 0.222 e. The maximum atomic E-state index is 11.9. The Labute approximate surface area is 179 Å². The van der Waals surface area contributed by atoms with Crippen LogP contribution in [0.5, 0.6) is 0 Å². The molecule has 174 valence electrons. The van der Waals surface area contributed by atoms with Gasteiger partial charge >= 0.3 is 0 Å². The number of carbonyl (C=O) groups is 1. The second kappa shape index (κ2) is 20.6. The second-order valence-electron chi connectivity index (χ2n) is 8.60. The van der Waals surface area contributed by atoms with Crippen LogP contribution in [0.25, 0.3) is 0 Å². The van der Waals surface area contributed by atoms with Gasteiger partial charge in [0.15, 0.2) is 0 Å². The highest BCUT2D eigenvalue weighted by Crippen LogP contribution is 2.14. The van der Waals surface area contributed by atoms with Crippen molar-refractivity contribution in [2.75, 3.05) is 6.61 Å². The van der Waals surface area contributed by atoms with Gasteiger partial charge in [-0.25, -0.2) is 0 Å². The van der Waals surface area contributed by atoms with Crippen LogP contribution in [0.2, 0.25) is 0 Å². The summed E-state index contributed by atoms with van der Waals surface area (Å²) in [6.45, 7) is 3.93. The molecular formula is C24H49NO4. The summed E-state index contributed by atoms with van der Waals surface area (Å²) < 4.78 is 0. The summed E-state index contributed by atoms with van der Waals surface area (Å²) in [5, 5.41) is 32.0. The van der Waals surface area contributed by atoms with Gasteiger partial charge in [-0.2, -0.15) is 0 Å². The highest BCUT2D eigenvalue weighted by atomic mass is 16.3. The number of unbranched alkanes of at least 4 members (excludes halogenated alkanes) is 12. The average Bonchev–Trinajstić information content (AvgIpc) is 2.69. The lowest BCUT2D eigenvalue weighted by Crippen LogP contribution is -2.46. The van der Waals surface area contributed by atoms with E-state index >= 15 is 0 Å². The van der Waals surface area contributed by atoms with Gasteiger partial charge in [-0.05, 0) is 12.8 Å². The van der Waals surface area contributed by atoms with E-state index in [0.29, 0.717) is 12.8 Å². The van der Waals surface area contributed by atoms with Gasteiger partial charge in [-0.1, -0.05) is 104 Å². The lowest BCUT2D eigenvalue weighted by molar-refractivity contribution is -0.125. The number of nitrogens with one attached hydrogen (secondary N) is 1. The van der Waals surface area contributed by atoms with Gasteiger partial charge < -0.3 is 20.6 Å². The first kappa shape index (κ1) is 28.4. The molecule has 0 aromatic carbocycles. The number of aliphatic hydroxyl groups is 3. The third-order valence-electron chi connectivity index (χ3n) is 5.65. The van der Waals surface area contributed by atoms with Gasteiger partial charge in [0.05, 0.1) is 31.3 Å². The Balaban J connectivity index is 3.63. The molecule has 5 heteroatoms. The third kappa shape index (κ3) is 17.9. The summed E-state index contributed by atoms with van der Waals surface area (Å²) in [5.74, 6) is -0.311. The van der Waals surface area contributed by atoms with Crippen molar-refractivity contribution in [3.63, 3.8) is 0 Å². The first-order valence-electron chi connectivity index (χ1n) is 12.3. The van der Waals surface area contributed by atoms with Crippen molar-refractivity contribution in [1.82, 2.24) is 5.32 Å². The van der Waals surface area contributed by atoms with E-state index in [-0.39, 0.29) is 18.9 Å². The molecule has 0 aromatic rings. The minimum Gasteiger partial charge on any atom is -0.394 e. The minimum atomic E-state index is -0.736. The summed E-state index contributed by atoms with van der Waals surface area (Å²) in [6, 6.07) is -0.645. The Morgan fingerprint density at radius 1 is 0.724 bits per heavy atom. The molecule has 1 amide bonds. The van der Waals surface area contributed by atoms with Crippen LogP contribution >= 0.6 is 0 Å². The third-order valence-corrected chi connectivity index (χ3v) is 5.65. The molecule has 0 unspecified atom stereocenters. The normalized spacial score (nSPS) is 14.5. The zero-order valence-corrected chi connectivity index (χ0v) is 19.2. The molecule has 4 N–H and O–H groups in total. The number of amides is 1. The monoisotopic (exact) mass is 415 g/mol. The summed E-state index contributed by atoms with van der Waals surface area (Å²) in [6.07, 6.45) is 17.3. The molecule has 0 spiro atoms. The molecule has 0 saturated carbocycles. The van der Waals surface area contributed by atoms with Crippen molar-refractivity contribution in [2.24, 2.45) is 0 Å². The van der Waals surface area contributed by atoms with Gasteiger partial charge in [0, 0.05) is 0 Å². The zero-order chi connectivity index (χ0) is 21.7. The molecule has 5 nitrogen and oxygen atoms in total. The summed E-state index contributed by atoms with van der Waals surface area (Å²) in [7, 11) is 0. The number of hydrogen-bond acceptors (Lipinski definition) is 4. The number of rotatable bonds is 21. The predicted molar refractivity (Wildman–Crippen MR) is 121 cm³/mol. The molecule has 0 heterocycles. The quantitative estimate of drug-likeness (QED) is 0.202. The second-order valence-corrected chi connectivity index (χ2v) is 8.60. The topological polar surface area (TPSA) is 89.8 Å². The van der Waals surface area contributed by atoms with Gasteiger partial charge in [0.2, 0.25) is 5.91 Å². The van der Waals surface area contributed by atoms with Crippen LogP contribution < -0.4 is 5.32 Å². The van der Waals surface area contributed by atoms with Crippen LogP contribution in [-0.2, 0) is 4.79 Å². The van der Waals surface area contributed by atoms with Crippen molar-refractivity contribution in [1.29, 1.82) is 0 Å². The van der Waals surface area contributed by atoms with Crippen molar-refractivity contribution in [3.05, 3.63) is 0 Å². The highest BCUT2D eigenvalue weighted by Gasteiger charge is 2.21. The Bertz CT molecular complexity index is 365. The largest absolute Gasteiger partial charge is 0.394 e. The summed E-state index contributed by atoms with van der Waals surface area (Å²) >= 11 is 0. The van der Waals surface area contributed by atoms with E-state index in [1.165, 1.54) is 70.6 Å².